The molecule has 0 atom stereocenters. The van der Waals surface area contributed by atoms with Crippen LogP contribution in [0, 0.1) is 6.92 Å². The first kappa shape index (κ1) is 16.0. The zero-order valence-electron chi connectivity index (χ0n) is 11.9. The molecule has 0 aliphatic rings. The second-order valence-electron chi connectivity index (χ2n) is 4.78. The molecule has 0 fully saturated rings. The molecule has 1 aromatic rings. The van der Waals surface area contributed by atoms with Crippen molar-refractivity contribution in [3.8, 4) is 5.75 Å². The minimum absolute atomic E-state index is 0.141. The van der Waals surface area contributed by atoms with Crippen molar-refractivity contribution < 1.29 is 9.53 Å². The number of nitrogens with zero attached hydrogens (tertiary/aromatic N) is 1. The fraction of sp³-hybridized carbons (Fsp3) is 0.533. The van der Waals surface area contributed by atoms with E-state index in [1.807, 2.05) is 49.9 Å². The number of hydrogen-bond donors (Lipinski definition) is 0. The lowest BCUT2D eigenvalue weighted by Gasteiger charge is -2.26. The summed E-state index contributed by atoms with van der Waals surface area (Å²) in [4.78, 5) is 13.9. The van der Waals surface area contributed by atoms with Crippen molar-refractivity contribution in [1.29, 1.82) is 0 Å². The molecule has 3 nitrogen and oxygen atoms in total. The van der Waals surface area contributed by atoms with Crippen molar-refractivity contribution in [2.75, 3.05) is 18.5 Å². The number of aryl methyl sites for hydroxylation is 1. The third-order valence-electron chi connectivity index (χ3n) is 2.84. The third-order valence-corrected chi connectivity index (χ3v) is 3.20. The molecule has 1 aromatic carbocycles. The van der Waals surface area contributed by atoms with Crippen LogP contribution in [0.15, 0.2) is 24.3 Å². The number of carbonyl (C=O) groups is 1. The predicted molar refractivity (Wildman–Crippen MR) is 81.9 cm³/mol. The molecular formula is C15H22BrNO2. The Labute approximate surface area is 124 Å². The summed E-state index contributed by atoms with van der Waals surface area (Å²) in [6.07, 6.45) is 0.416. The topological polar surface area (TPSA) is 29.5 Å². The maximum Gasteiger partial charge on any atom is 0.226 e. The Morgan fingerprint density at radius 2 is 2.16 bits per heavy atom. The summed E-state index contributed by atoms with van der Waals surface area (Å²) in [5.41, 5.74) is 1.16. The molecule has 1 amide bonds. The van der Waals surface area contributed by atoms with Gasteiger partial charge in [-0.1, -0.05) is 28.1 Å². The number of halogens is 1. The summed E-state index contributed by atoms with van der Waals surface area (Å²) in [7, 11) is 0. The van der Waals surface area contributed by atoms with Gasteiger partial charge in [0.1, 0.15) is 5.75 Å². The van der Waals surface area contributed by atoms with Gasteiger partial charge >= 0.3 is 0 Å². The number of benzene rings is 1. The van der Waals surface area contributed by atoms with Crippen LogP contribution in [-0.4, -0.2) is 35.3 Å². The maximum atomic E-state index is 12.1. The van der Waals surface area contributed by atoms with Crippen LogP contribution >= 0.6 is 15.9 Å². The molecule has 0 aromatic heterocycles. The highest BCUT2D eigenvalue weighted by Crippen LogP contribution is 2.13. The Hall–Kier alpha value is -1.03. The molecule has 0 N–H and O–H groups in total. The van der Waals surface area contributed by atoms with E-state index in [1.54, 1.807) is 0 Å². The van der Waals surface area contributed by atoms with Crippen molar-refractivity contribution in [3.05, 3.63) is 29.8 Å². The van der Waals surface area contributed by atoms with Crippen LogP contribution in [0.3, 0.4) is 0 Å². The fourth-order valence-corrected chi connectivity index (χ4v) is 2.25. The van der Waals surface area contributed by atoms with Gasteiger partial charge in [-0.15, -0.1) is 0 Å². The fourth-order valence-electron chi connectivity index (χ4n) is 1.87. The molecule has 0 bridgehead atoms. The van der Waals surface area contributed by atoms with Crippen molar-refractivity contribution in [2.45, 2.75) is 33.2 Å². The van der Waals surface area contributed by atoms with Crippen LogP contribution < -0.4 is 4.74 Å². The van der Waals surface area contributed by atoms with Gasteiger partial charge in [-0.25, -0.2) is 0 Å². The van der Waals surface area contributed by atoms with E-state index in [2.05, 4.69) is 15.9 Å². The molecule has 1 rings (SSSR count). The largest absolute Gasteiger partial charge is 0.493 e. The van der Waals surface area contributed by atoms with Crippen molar-refractivity contribution in [2.24, 2.45) is 0 Å². The summed E-state index contributed by atoms with van der Waals surface area (Å²) >= 11 is 3.37. The Kier molecular flexibility index (Phi) is 6.92. The van der Waals surface area contributed by atoms with Crippen molar-refractivity contribution >= 4 is 21.8 Å². The van der Waals surface area contributed by atoms with E-state index in [4.69, 9.17) is 4.74 Å². The summed E-state index contributed by atoms with van der Waals surface area (Å²) in [6.45, 7) is 7.24. The van der Waals surface area contributed by atoms with Crippen molar-refractivity contribution in [3.63, 3.8) is 0 Å². The summed E-state index contributed by atoms with van der Waals surface area (Å²) in [6, 6.07) is 8.09. The van der Waals surface area contributed by atoms with Gasteiger partial charge in [0.15, 0.2) is 0 Å². The number of alkyl halides is 1. The van der Waals surface area contributed by atoms with Gasteiger partial charge in [0.25, 0.3) is 0 Å². The molecule has 0 spiro atoms. The van der Waals surface area contributed by atoms with Crippen LogP contribution in [-0.2, 0) is 4.79 Å². The SMILES string of the molecule is Cc1cccc(OCCC(=O)N(CCBr)C(C)C)c1. The first-order valence-corrected chi connectivity index (χ1v) is 7.71. The van der Waals surface area contributed by atoms with Gasteiger partial charge in [-0.2, -0.15) is 0 Å². The zero-order valence-corrected chi connectivity index (χ0v) is 13.4. The average Bonchev–Trinajstić information content (AvgIpc) is 2.35. The molecule has 106 valence electrons. The first-order chi connectivity index (χ1) is 9.04. The highest BCUT2D eigenvalue weighted by molar-refractivity contribution is 9.09. The average molecular weight is 328 g/mol. The summed E-state index contributed by atoms with van der Waals surface area (Å²) in [5.74, 6) is 0.964. The number of ether oxygens (including phenoxy) is 1. The van der Waals surface area contributed by atoms with Crippen LogP contribution in [0.25, 0.3) is 0 Å². The Balaban J connectivity index is 2.41. The smallest absolute Gasteiger partial charge is 0.226 e. The summed E-state index contributed by atoms with van der Waals surface area (Å²) < 4.78 is 5.61. The van der Waals surface area contributed by atoms with E-state index >= 15 is 0 Å². The van der Waals surface area contributed by atoms with Gasteiger partial charge < -0.3 is 9.64 Å². The Morgan fingerprint density at radius 1 is 1.42 bits per heavy atom. The van der Waals surface area contributed by atoms with Gasteiger partial charge in [0, 0.05) is 17.9 Å². The number of amides is 1. The lowest BCUT2D eigenvalue weighted by atomic mass is 10.2. The number of hydrogen-bond acceptors (Lipinski definition) is 2. The van der Waals surface area contributed by atoms with E-state index < -0.39 is 0 Å². The lowest BCUT2D eigenvalue weighted by molar-refractivity contribution is -0.133. The zero-order chi connectivity index (χ0) is 14.3. The molecule has 0 saturated carbocycles. The second kappa shape index (κ2) is 8.20. The highest BCUT2D eigenvalue weighted by Gasteiger charge is 2.15. The van der Waals surface area contributed by atoms with E-state index in [1.165, 1.54) is 0 Å². The first-order valence-electron chi connectivity index (χ1n) is 6.59. The molecule has 0 radical (unpaired) electrons. The second-order valence-corrected chi connectivity index (χ2v) is 5.58. The van der Waals surface area contributed by atoms with E-state index in [9.17, 15) is 4.79 Å². The maximum absolute atomic E-state index is 12.1. The van der Waals surface area contributed by atoms with Gasteiger partial charge in [-0.3, -0.25) is 4.79 Å². The molecule has 0 saturated heterocycles. The highest BCUT2D eigenvalue weighted by atomic mass is 79.9. The van der Waals surface area contributed by atoms with E-state index in [0.29, 0.717) is 13.0 Å². The third kappa shape index (κ3) is 5.64. The standard InChI is InChI=1S/C15H22BrNO2/c1-12(2)17(9-8-16)15(18)7-10-19-14-6-4-5-13(3)11-14/h4-6,11-12H,7-10H2,1-3H3. The molecule has 0 aliphatic heterocycles. The minimum atomic E-state index is 0.141. The van der Waals surface area contributed by atoms with Crippen LogP contribution in [0.1, 0.15) is 25.8 Å². The van der Waals surface area contributed by atoms with Crippen LogP contribution in [0.4, 0.5) is 0 Å². The number of carbonyl (C=O) groups excluding carboxylic acids is 1. The molecule has 0 heterocycles. The van der Waals surface area contributed by atoms with Crippen LogP contribution in [0.5, 0.6) is 5.75 Å². The van der Waals surface area contributed by atoms with Gasteiger partial charge in [0.2, 0.25) is 5.91 Å². The predicted octanol–water partition coefficient (Wildman–Crippen LogP) is 3.40. The van der Waals surface area contributed by atoms with E-state index in [0.717, 1.165) is 23.2 Å². The Bertz CT molecular complexity index is 407. The van der Waals surface area contributed by atoms with Gasteiger partial charge in [-0.05, 0) is 38.5 Å². The normalized spacial score (nSPS) is 10.6. The molecular weight excluding hydrogens is 306 g/mol. The summed E-state index contributed by atoms with van der Waals surface area (Å²) in [5, 5.41) is 0.801. The monoisotopic (exact) mass is 327 g/mol. The molecule has 19 heavy (non-hydrogen) atoms. The lowest BCUT2D eigenvalue weighted by Crippen LogP contribution is -2.38. The number of rotatable bonds is 7. The van der Waals surface area contributed by atoms with Gasteiger partial charge in [0.05, 0.1) is 13.0 Å². The minimum Gasteiger partial charge on any atom is -0.493 e. The van der Waals surface area contributed by atoms with Crippen LogP contribution in [0.2, 0.25) is 0 Å². The molecule has 0 unspecified atom stereocenters. The molecule has 4 heteroatoms. The van der Waals surface area contributed by atoms with Crippen molar-refractivity contribution in [1.82, 2.24) is 4.90 Å². The van der Waals surface area contributed by atoms with E-state index in [-0.39, 0.29) is 11.9 Å². The quantitative estimate of drug-likeness (QED) is 0.718. The molecule has 0 aliphatic carbocycles. The Morgan fingerprint density at radius 3 is 2.74 bits per heavy atom.